The molecule has 0 aliphatic carbocycles. The van der Waals surface area contributed by atoms with Crippen LogP contribution in [0.2, 0.25) is 0 Å². The fraction of sp³-hybridized carbons (Fsp3) is 0.296. The molecule has 3 heterocycles. The summed E-state index contributed by atoms with van der Waals surface area (Å²) < 4.78 is 7.61. The molecule has 8 heteroatoms. The molecule has 0 saturated carbocycles. The van der Waals surface area contributed by atoms with Gasteiger partial charge in [-0.2, -0.15) is 0 Å². The first-order chi connectivity index (χ1) is 17.3. The fourth-order valence-electron chi connectivity index (χ4n) is 4.33. The van der Waals surface area contributed by atoms with Gasteiger partial charge >= 0.3 is 0 Å². The summed E-state index contributed by atoms with van der Waals surface area (Å²) in [5.41, 5.74) is 2.45. The van der Waals surface area contributed by atoms with Crippen molar-refractivity contribution in [3.63, 3.8) is 0 Å². The van der Waals surface area contributed by atoms with Crippen molar-refractivity contribution in [3.8, 4) is 11.6 Å². The van der Waals surface area contributed by atoms with Crippen molar-refractivity contribution in [2.24, 2.45) is 0 Å². The molecule has 2 aromatic carbocycles. The average Bonchev–Trinajstić information content (AvgIpc) is 3.49. The number of aromatic nitrogens is 3. The molecule has 1 amide bonds. The van der Waals surface area contributed by atoms with Gasteiger partial charge in [-0.15, -0.1) is 10.2 Å². The Kier molecular flexibility index (Phi) is 7.60. The third-order valence-corrected chi connectivity index (χ3v) is 7.11. The van der Waals surface area contributed by atoms with Crippen molar-refractivity contribution in [3.05, 3.63) is 90.2 Å². The van der Waals surface area contributed by atoms with Crippen molar-refractivity contribution < 1.29 is 9.21 Å². The van der Waals surface area contributed by atoms with Crippen LogP contribution in [0.15, 0.2) is 88.6 Å². The van der Waals surface area contributed by atoms with E-state index in [1.807, 2.05) is 45.9 Å². The number of hydrogen-bond acceptors (Lipinski definition) is 6. The summed E-state index contributed by atoms with van der Waals surface area (Å²) in [6, 6.07) is 24.4. The Morgan fingerprint density at radius 1 is 0.829 bits per heavy atom. The highest BCUT2D eigenvalue weighted by atomic mass is 32.2. The van der Waals surface area contributed by atoms with Gasteiger partial charge in [0.1, 0.15) is 0 Å². The number of furan rings is 1. The van der Waals surface area contributed by atoms with Gasteiger partial charge in [-0.25, -0.2) is 0 Å². The van der Waals surface area contributed by atoms with E-state index in [1.54, 1.807) is 6.26 Å². The van der Waals surface area contributed by atoms with Gasteiger partial charge in [0.25, 0.3) is 0 Å². The van der Waals surface area contributed by atoms with Gasteiger partial charge in [0, 0.05) is 32.7 Å². The molecular weight excluding hydrogens is 458 g/mol. The topological polar surface area (TPSA) is 67.4 Å². The van der Waals surface area contributed by atoms with Crippen LogP contribution >= 0.6 is 11.8 Å². The molecule has 5 rings (SSSR count). The van der Waals surface area contributed by atoms with Crippen LogP contribution < -0.4 is 0 Å². The lowest BCUT2D eigenvalue weighted by Gasteiger charge is -2.22. The minimum atomic E-state index is 0.144. The van der Waals surface area contributed by atoms with Crippen molar-refractivity contribution in [1.29, 1.82) is 0 Å². The Labute approximate surface area is 209 Å². The van der Waals surface area contributed by atoms with Crippen molar-refractivity contribution in [1.82, 2.24) is 24.6 Å². The minimum Gasteiger partial charge on any atom is -0.461 e. The molecule has 35 heavy (non-hydrogen) atoms. The van der Waals surface area contributed by atoms with Crippen LogP contribution in [0.3, 0.4) is 0 Å². The molecular formula is C27H29N5O2S. The lowest BCUT2D eigenvalue weighted by molar-refractivity contribution is -0.128. The van der Waals surface area contributed by atoms with Gasteiger partial charge in [0.05, 0.1) is 18.6 Å². The molecule has 0 unspecified atom stereocenters. The van der Waals surface area contributed by atoms with E-state index in [0.29, 0.717) is 29.0 Å². The summed E-state index contributed by atoms with van der Waals surface area (Å²) in [4.78, 5) is 17.5. The van der Waals surface area contributed by atoms with E-state index < -0.39 is 0 Å². The summed E-state index contributed by atoms with van der Waals surface area (Å²) in [5, 5.41) is 9.49. The molecule has 7 nitrogen and oxygen atoms in total. The molecule has 0 N–H and O–H groups in total. The predicted molar refractivity (Wildman–Crippen MR) is 137 cm³/mol. The molecule has 4 aromatic rings. The summed E-state index contributed by atoms with van der Waals surface area (Å²) in [5.74, 6) is 1.81. The van der Waals surface area contributed by atoms with Crippen LogP contribution in [-0.4, -0.2) is 62.4 Å². The van der Waals surface area contributed by atoms with E-state index in [2.05, 4.69) is 51.5 Å². The minimum absolute atomic E-state index is 0.144. The van der Waals surface area contributed by atoms with Gasteiger partial charge in [-0.1, -0.05) is 72.4 Å². The molecule has 1 saturated heterocycles. The van der Waals surface area contributed by atoms with Gasteiger partial charge < -0.3 is 9.32 Å². The molecule has 1 aliphatic heterocycles. The van der Waals surface area contributed by atoms with Gasteiger partial charge in [0.2, 0.25) is 11.7 Å². The number of amides is 1. The molecule has 2 aromatic heterocycles. The standard InChI is InChI=1S/C27H29N5O2S/c33-25(31-15-8-14-30(16-17-31)19-22-9-3-1-4-10-22)21-35-27-29-28-26(24-13-7-18-34-24)32(27)20-23-11-5-2-6-12-23/h1-7,9-13,18H,8,14-17,19-21H2. The van der Waals surface area contributed by atoms with Crippen molar-refractivity contribution in [2.75, 3.05) is 31.9 Å². The summed E-state index contributed by atoms with van der Waals surface area (Å²) in [6.07, 6.45) is 2.61. The largest absolute Gasteiger partial charge is 0.461 e. The first kappa shape index (κ1) is 23.4. The number of nitrogens with zero attached hydrogens (tertiary/aromatic N) is 5. The highest BCUT2D eigenvalue weighted by Gasteiger charge is 2.22. The number of rotatable bonds is 8. The van der Waals surface area contributed by atoms with E-state index in [9.17, 15) is 4.79 Å². The van der Waals surface area contributed by atoms with Crippen molar-refractivity contribution >= 4 is 17.7 Å². The average molecular weight is 488 g/mol. The Bertz CT molecular complexity index is 1210. The van der Waals surface area contributed by atoms with Crippen LogP contribution in [0, 0.1) is 0 Å². The number of benzene rings is 2. The lowest BCUT2D eigenvalue weighted by Crippen LogP contribution is -2.36. The summed E-state index contributed by atoms with van der Waals surface area (Å²) in [6.45, 7) is 4.97. The molecule has 0 spiro atoms. The number of carbonyl (C=O) groups excluding carboxylic acids is 1. The van der Waals surface area contributed by atoms with E-state index in [0.717, 1.165) is 44.7 Å². The van der Waals surface area contributed by atoms with Gasteiger partial charge in [0.15, 0.2) is 10.9 Å². The third kappa shape index (κ3) is 6.01. The fourth-order valence-corrected chi connectivity index (χ4v) is 5.17. The zero-order chi connectivity index (χ0) is 23.9. The van der Waals surface area contributed by atoms with Gasteiger partial charge in [-0.3, -0.25) is 14.3 Å². The first-order valence-corrected chi connectivity index (χ1v) is 12.9. The monoisotopic (exact) mass is 487 g/mol. The van der Waals surface area contributed by atoms with E-state index >= 15 is 0 Å². The highest BCUT2D eigenvalue weighted by molar-refractivity contribution is 7.99. The Balaban J connectivity index is 1.22. The van der Waals surface area contributed by atoms with Gasteiger partial charge in [-0.05, 0) is 29.7 Å². The molecule has 0 radical (unpaired) electrons. The maximum Gasteiger partial charge on any atom is 0.233 e. The first-order valence-electron chi connectivity index (χ1n) is 11.9. The lowest BCUT2D eigenvalue weighted by atomic mass is 10.2. The van der Waals surface area contributed by atoms with Crippen LogP contribution in [0.4, 0.5) is 0 Å². The third-order valence-electron chi connectivity index (χ3n) is 6.16. The Morgan fingerprint density at radius 2 is 1.57 bits per heavy atom. The van der Waals surface area contributed by atoms with Crippen LogP contribution in [0.1, 0.15) is 17.5 Å². The van der Waals surface area contributed by atoms with E-state index in [-0.39, 0.29) is 5.91 Å². The quantitative estimate of drug-likeness (QED) is 0.343. The molecule has 0 atom stereocenters. The Morgan fingerprint density at radius 3 is 2.29 bits per heavy atom. The second kappa shape index (κ2) is 11.4. The predicted octanol–water partition coefficient (Wildman–Crippen LogP) is 4.41. The second-order valence-electron chi connectivity index (χ2n) is 8.64. The SMILES string of the molecule is O=C(CSc1nnc(-c2ccco2)n1Cc1ccccc1)N1CCCN(Cc2ccccc2)CC1. The molecule has 1 fully saturated rings. The number of carbonyl (C=O) groups is 1. The Hall–Kier alpha value is -3.36. The maximum atomic E-state index is 13.1. The second-order valence-corrected chi connectivity index (χ2v) is 9.58. The normalized spacial score (nSPS) is 14.7. The maximum absolute atomic E-state index is 13.1. The zero-order valence-electron chi connectivity index (χ0n) is 19.6. The zero-order valence-corrected chi connectivity index (χ0v) is 20.4. The van der Waals surface area contributed by atoms with Crippen LogP contribution in [-0.2, 0) is 17.9 Å². The summed E-state index contributed by atoms with van der Waals surface area (Å²) in [7, 11) is 0. The molecule has 1 aliphatic rings. The van der Waals surface area contributed by atoms with Crippen LogP contribution in [0.25, 0.3) is 11.6 Å². The highest BCUT2D eigenvalue weighted by Crippen LogP contribution is 2.26. The molecule has 180 valence electrons. The summed E-state index contributed by atoms with van der Waals surface area (Å²) >= 11 is 1.44. The van der Waals surface area contributed by atoms with E-state index in [1.165, 1.54) is 17.3 Å². The number of hydrogen-bond donors (Lipinski definition) is 0. The number of thioether (sulfide) groups is 1. The molecule has 0 bridgehead atoms. The van der Waals surface area contributed by atoms with E-state index in [4.69, 9.17) is 4.42 Å². The van der Waals surface area contributed by atoms with Crippen LogP contribution in [0.5, 0.6) is 0 Å². The smallest absolute Gasteiger partial charge is 0.233 e. The van der Waals surface area contributed by atoms with Crippen molar-refractivity contribution in [2.45, 2.75) is 24.7 Å².